The molecule has 0 unspecified atom stereocenters. The lowest BCUT2D eigenvalue weighted by Gasteiger charge is -2.32. The molecular formula is C76H62BBr2Cl5F5N7O3. The second-order valence-corrected chi connectivity index (χ2v) is 27.7. The fourth-order valence-corrected chi connectivity index (χ4v) is 12.8. The van der Waals surface area contributed by atoms with Crippen LogP contribution in [-0.4, -0.2) is 54.5 Å². The highest BCUT2D eigenvalue weighted by molar-refractivity contribution is 9.10. The van der Waals surface area contributed by atoms with Gasteiger partial charge in [0.25, 0.3) is 0 Å². The molecule has 1 saturated heterocycles. The first-order chi connectivity index (χ1) is 47.1. The van der Waals surface area contributed by atoms with E-state index in [0.29, 0.717) is 65.1 Å². The summed E-state index contributed by atoms with van der Waals surface area (Å²) in [5, 5.41) is 13.3. The molecule has 0 bridgehead atoms. The van der Waals surface area contributed by atoms with Crippen molar-refractivity contribution in [2.24, 2.45) is 5.10 Å². The van der Waals surface area contributed by atoms with Gasteiger partial charge in [-0.3, -0.25) is 14.9 Å². The van der Waals surface area contributed by atoms with Crippen LogP contribution in [0.3, 0.4) is 0 Å². The van der Waals surface area contributed by atoms with Crippen molar-refractivity contribution in [1.29, 1.82) is 0 Å². The number of aromatic nitrogens is 5. The fraction of sp³-hybridized carbons (Fsp3) is 0.145. The van der Waals surface area contributed by atoms with Gasteiger partial charge in [-0.25, -0.2) is 22.0 Å². The number of hydrazone groups is 1. The molecule has 23 heteroatoms. The zero-order valence-corrected chi connectivity index (χ0v) is 61.3. The molecule has 4 N–H and O–H groups in total. The van der Waals surface area contributed by atoms with Gasteiger partial charge in [0.2, 0.25) is 0 Å². The Morgan fingerprint density at radius 2 is 0.939 bits per heavy atom. The Hall–Kier alpha value is -8.01. The van der Waals surface area contributed by atoms with Crippen molar-refractivity contribution in [3.05, 3.63) is 274 Å². The quantitative estimate of drug-likeness (QED) is 0.0357. The SMILES string of the molecule is C/C(=N\Nc1ccc(Br)cc1)c1c(F)cccc1Cl.CC(=O)c1c(F)cccc1Cl.CC1(C)OB(c2ccc3[nH]c(-c4c(F)cccc4Cl)cc3c2)OC1(C)C.CCn1nc(C)cc1-c1ccc2[nH]c(-c3c(F)cccc3Cl)cc2c1.Fc1cccc(Cl)c1-c1cc2cc(Br)ccc2[nH]1. The van der Waals surface area contributed by atoms with E-state index in [9.17, 15) is 26.7 Å². The number of halogens is 12. The molecule has 4 aromatic heterocycles. The van der Waals surface area contributed by atoms with Gasteiger partial charge in [-0.1, -0.05) is 138 Å². The molecule has 0 aliphatic carbocycles. The van der Waals surface area contributed by atoms with Gasteiger partial charge in [-0.2, -0.15) is 10.2 Å². The van der Waals surface area contributed by atoms with Gasteiger partial charge in [-0.15, -0.1) is 0 Å². The minimum absolute atomic E-state index is 0.0332. The maximum Gasteiger partial charge on any atom is 0.494 e. The topological polar surface area (TPSA) is 125 Å². The van der Waals surface area contributed by atoms with Crippen LogP contribution in [0.2, 0.25) is 25.1 Å². The summed E-state index contributed by atoms with van der Waals surface area (Å²) in [5.41, 5.74) is 13.7. The molecule has 5 heterocycles. The summed E-state index contributed by atoms with van der Waals surface area (Å²) in [4.78, 5) is 20.4. The zero-order valence-electron chi connectivity index (χ0n) is 54.4. The average Bonchev–Trinajstić information content (AvgIpc) is 1.64. The summed E-state index contributed by atoms with van der Waals surface area (Å²) in [6.45, 7) is 16.0. The molecule has 506 valence electrons. The Labute approximate surface area is 611 Å². The van der Waals surface area contributed by atoms with E-state index < -0.39 is 24.1 Å². The lowest BCUT2D eigenvalue weighted by atomic mass is 9.78. The summed E-state index contributed by atoms with van der Waals surface area (Å²) in [5.74, 6) is -2.31. The van der Waals surface area contributed by atoms with Gasteiger partial charge >= 0.3 is 7.12 Å². The predicted molar refractivity (Wildman–Crippen MR) is 404 cm³/mol. The van der Waals surface area contributed by atoms with E-state index in [1.54, 1.807) is 55.5 Å². The van der Waals surface area contributed by atoms with Crippen molar-refractivity contribution >= 4 is 152 Å². The standard InChI is InChI=1S/C20H20BClFNO2.C20H17ClFN3.C14H11BrClFN2.C14H8BrClFN.C8H6ClFO/c1-19(2)20(3,4)26-21(25-19)13-8-9-16-12(10-13)11-17(24-16)18-14(22)6-5-7-15(18)23;1-3-25-19(9-12(2)24-25)13-7-8-17-14(10-13)11-18(23-17)20-15(21)5-4-6-16(20)22;1-9(14-12(16)3-2-4-13(14)17)18-19-11-7-5-10(15)6-8-11;15-9-4-5-12-8(6-9)7-13(18-12)14-10(16)2-1-3-11(14)17;1-5(11)8-6(9)3-2-4-7(8)10/h5-11,24H,1-4H3;4-11,23H,3H2,1-2H3;2-8,19H,1H3;1-7,18H;2-4H,1H3/b;;18-9+;;. The van der Waals surface area contributed by atoms with Crippen LogP contribution in [0.4, 0.5) is 27.6 Å². The third-order valence-electron chi connectivity index (χ3n) is 16.4. The molecule has 9 aromatic carbocycles. The Morgan fingerprint density at radius 3 is 1.38 bits per heavy atom. The van der Waals surface area contributed by atoms with Crippen LogP contribution in [0.5, 0.6) is 0 Å². The molecule has 0 radical (unpaired) electrons. The largest absolute Gasteiger partial charge is 0.494 e. The lowest BCUT2D eigenvalue weighted by molar-refractivity contribution is 0.00578. The molecule has 0 spiro atoms. The van der Waals surface area contributed by atoms with E-state index >= 15 is 0 Å². The van der Waals surface area contributed by atoms with Gasteiger partial charge < -0.3 is 24.3 Å². The molecule has 1 aliphatic rings. The number of ketones is 1. The second-order valence-electron chi connectivity index (χ2n) is 23.9. The molecule has 0 atom stereocenters. The molecule has 0 amide bonds. The number of Topliss-reactive ketones (excluding diaryl/α,β-unsaturated/α-hetero) is 1. The first-order valence-corrected chi connectivity index (χ1v) is 34.3. The van der Waals surface area contributed by atoms with Gasteiger partial charge in [0, 0.05) is 48.4 Å². The van der Waals surface area contributed by atoms with E-state index in [1.807, 2.05) is 130 Å². The number of nitrogens with zero attached hydrogens (tertiary/aromatic N) is 3. The summed E-state index contributed by atoms with van der Waals surface area (Å²) in [6, 6.07) is 56.1. The van der Waals surface area contributed by atoms with Crippen molar-refractivity contribution in [2.45, 2.75) is 73.1 Å². The van der Waals surface area contributed by atoms with Crippen LogP contribution in [0.25, 0.3) is 77.7 Å². The number of aromatic amines is 3. The minimum Gasteiger partial charge on any atom is -0.399 e. The molecule has 99 heavy (non-hydrogen) atoms. The number of H-pyrrole nitrogens is 3. The lowest BCUT2D eigenvalue weighted by Crippen LogP contribution is -2.41. The molecule has 0 saturated carbocycles. The van der Waals surface area contributed by atoms with Crippen molar-refractivity contribution in [3.8, 4) is 45.0 Å². The Morgan fingerprint density at radius 1 is 0.525 bits per heavy atom. The van der Waals surface area contributed by atoms with Crippen LogP contribution < -0.4 is 10.9 Å². The van der Waals surface area contributed by atoms with Gasteiger partial charge in [0.05, 0.1) is 104 Å². The summed E-state index contributed by atoms with van der Waals surface area (Å²) in [7, 11) is -0.431. The van der Waals surface area contributed by atoms with Crippen LogP contribution in [-0.2, 0) is 15.9 Å². The molecular weight excluding hydrogens is 1500 g/mol. The number of hydrogen-bond donors (Lipinski definition) is 4. The number of rotatable bonds is 10. The second kappa shape index (κ2) is 31.7. The Bertz CT molecular complexity index is 5040. The van der Waals surface area contributed by atoms with Crippen molar-refractivity contribution in [3.63, 3.8) is 0 Å². The number of hydrogen-bond acceptors (Lipinski definition) is 6. The van der Waals surface area contributed by atoms with Crippen molar-refractivity contribution in [1.82, 2.24) is 24.7 Å². The minimum atomic E-state index is -0.565. The monoisotopic (exact) mass is 1560 g/mol. The summed E-state index contributed by atoms with van der Waals surface area (Å²) < 4.78 is 84.9. The normalized spacial score (nSPS) is 13.1. The van der Waals surface area contributed by atoms with Crippen LogP contribution in [0, 0.1) is 36.0 Å². The number of nitrogens with one attached hydrogen (secondary N) is 4. The third kappa shape index (κ3) is 17.2. The molecule has 1 fully saturated rings. The maximum atomic E-state index is 14.2. The smallest absolute Gasteiger partial charge is 0.399 e. The summed E-state index contributed by atoms with van der Waals surface area (Å²) in [6.07, 6.45) is 0. The Balaban J connectivity index is 0.000000137. The molecule has 10 nitrogen and oxygen atoms in total. The van der Waals surface area contributed by atoms with Gasteiger partial charge in [0.1, 0.15) is 29.1 Å². The number of carbonyl (C=O) groups excluding carboxylic acids is 1. The number of benzene rings is 9. The average molecular weight is 1560 g/mol. The van der Waals surface area contributed by atoms with Gasteiger partial charge in [-0.05, 0) is 212 Å². The number of fused-ring (bicyclic) bond motifs is 3. The van der Waals surface area contributed by atoms with Crippen molar-refractivity contribution < 1.29 is 36.1 Å². The van der Waals surface area contributed by atoms with Crippen LogP contribution in [0.1, 0.15) is 70.1 Å². The highest BCUT2D eigenvalue weighted by Crippen LogP contribution is 2.39. The molecule has 1 aliphatic heterocycles. The van der Waals surface area contributed by atoms with E-state index in [-0.39, 0.29) is 39.6 Å². The zero-order chi connectivity index (χ0) is 71.2. The van der Waals surface area contributed by atoms with E-state index in [2.05, 4.69) is 81.5 Å². The number of carbonyl (C=O) groups is 1. The Kier molecular flexibility index (Phi) is 23.6. The first-order valence-electron chi connectivity index (χ1n) is 30.8. The first kappa shape index (κ1) is 73.7. The maximum absolute atomic E-state index is 14.2. The fourth-order valence-electron chi connectivity index (χ4n) is 10.8. The number of aryl methyl sites for hydroxylation is 2. The van der Waals surface area contributed by atoms with Crippen LogP contribution >= 0.6 is 89.9 Å². The van der Waals surface area contributed by atoms with Crippen molar-refractivity contribution in [2.75, 3.05) is 5.43 Å². The van der Waals surface area contributed by atoms with E-state index in [4.69, 9.17) is 67.3 Å². The third-order valence-corrected chi connectivity index (χ3v) is 19.0. The van der Waals surface area contributed by atoms with Crippen LogP contribution in [0.15, 0.2) is 208 Å². The number of anilines is 1. The highest BCUT2D eigenvalue weighted by Gasteiger charge is 2.51. The molecule has 13 aromatic rings. The molecule has 14 rings (SSSR count). The highest BCUT2D eigenvalue weighted by atomic mass is 79.9. The van der Waals surface area contributed by atoms with E-state index in [0.717, 1.165) is 76.3 Å². The van der Waals surface area contributed by atoms with E-state index in [1.165, 1.54) is 49.4 Å². The van der Waals surface area contributed by atoms with Gasteiger partial charge in [0.15, 0.2) is 5.78 Å². The summed E-state index contributed by atoms with van der Waals surface area (Å²) >= 11 is 36.7. The predicted octanol–water partition coefficient (Wildman–Crippen LogP) is 23.9.